The summed E-state index contributed by atoms with van der Waals surface area (Å²) in [4.78, 5) is 11.8. The van der Waals surface area contributed by atoms with Gasteiger partial charge in [-0.3, -0.25) is 4.79 Å². The van der Waals surface area contributed by atoms with Gasteiger partial charge in [0.05, 0.1) is 5.56 Å². The fourth-order valence-corrected chi connectivity index (χ4v) is 1.71. The van der Waals surface area contributed by atoms with E-state index in [4.69, 9.17) is 10.8 Å². The van der Waals surface area contributed by atoms with Crippen molar-refractivity contribution >= 4 is 27.5 Å². The molecule has 1 atom stereocenters. The van der Waals surface area contributed by atoms with Crippen molar-refractivity contribution < 1.29 is 9.90 Å². The number of hydrogen-bond donors (Lipinski definition) is 3. The molecule has 0 heterocycles. The molecule has 0 aromatic heterocycles. The maximum atomic E-state index is 11.8. The zero-order chi connectivity index (χ0) is 12.1. The van der Waals surface area contributed by atoms with Crippen molar-refractivity contribution in [3.8, 4) is 0 Å². The lowest BCUT2D eigenvalue weighted by molar-refractivity contribution is 0.0933. The van der Waals surface area contributed by atoms with Crippen LogP contribution >= 0.6 is 15.9 Å². The molecular weight excluding hydrogens is 272 g/mol. The Morgan fingerprint density at radius 3 is 2.94 bits per heavy atom. The Balaban J connectivity index is 2.76. The minimum Gasteiger partial charge on any atom is -0.399 e. The van der Waals surface area contributed by atoms with Gasteiger partial charge in [0.1, 0.15) is 0 Å². The van der Waals surface area contributed by atoms with Crippen LogP contribution in [0.4, 0.5) is 5.69 Å². The lowest BCUT2D eigenvalue weighted by atomic mass is 10.1. The number of nitrogens with one attached hydrogen (secondary N) is 1. The molecule has 0 saturated heterocycles. The number of nitrogen functional groups attached to an aromatic ring is 1. The van der Waals surface area contributed by atoms with E-state index in [1.165, 1.54) is 0 Å². The van der Waals surface area contributed by atoms with Gasteiger partial charge in [0.15, 0.2) is 0 Å². The summed E-state index contributed by atoms with van der Waals surface area (Å²) in [5.74, 6) is -0.194. The summed E-state index contributed by atoms with van der Waals surface area (Å²) in [6.07, 6.45) is 0.533. The monoisotopic (exact) mass is 286 g/mol. The molecule has 0 spiro atoms. The van der Waals surface area contributed by atoms with Crippen molar-refractivity contribution in [1.29, 1.82) is 0 Å². The van der Waals surface area contributed by atoms with Gasteiger partial charge in [0, 0.05) is 22.8 Å². The van der Waals surface area contributed by atoms with Crippen LogP contribution < -0.4 is 11.1 Å². The summed E-state index contributed by atoms with van der Waals surface area (Å²) in [5.41, 5.74) is 6.66. The van der Waals surface area contributed by atoms with Crippen molar-refractivity contribution in [3.63, 3.8) is 0 Å². The van der Waals surface area contributed by atoms with Gasteiger partial charge in [-0.25, -0.2) is 0 Å². The molecule has 16 heavy (non-hydrogen) atoms. The summed E-state index contributed by atoms with van der Waals surface area (Å²) in [6.45, 7) is 1.90. The quantitative estimate of drug-likeness (QED) is 0.735. The predicted octanol–water partition coefficient (Wildman–Crippen LogP) is 1.53. The summed E-state index contributed by atoms with van der Waals surface area (Å²) in [6, 6.07) is 5.01. The third-order valence-electron chi connectivity index (χ3n) is 2.17. The Labute approximate surface area is 103 Å². The van der Waals surface area contributed by atoms with Crippen LogP contribution in [0.3, 0.4) is 0 Å². The molecule has 4 N–H and O–H groups in total. The molecule has 0 fully saturated rings. The van der Waals surface area contributed by atoms with Crippen LogP contribution in [0.2, 0.25) is 0 Å². The second-order valence-corrected chi connectivity index (χ2v) is 4.48. The van der Waals surface area contributed by atoms with Crippen LogP contribution in [-0.2, 0) is 0 Å². The fraction of sp³-hybridized carbons (Fsp3) is 0.364. The molecule has 0 bridgehead atoms. The highest BCUT2D eigenvalue weighted by atomic mass is 79.9. The van der Waals surface area contributed by atoms with E-state index in [1.807, 2.05) is 6.92 Å². The van der Waals surface area contributed by atoms with Crippen molar-refractivity contribution in [1.82, 2.24) is 5.32 Å². The Kier molecular flexibility index (Phi) is 4.76. The van der Waals surface area contributed by atoms with E-state index in [0.717, 1.165) is 0 Å². The molecule has 1 rings (SSSR count). The maximum absolute atomic E-state index is 11.8. The topological polar surface area (TPSA) is 75.3 Å². The number of carbonyl (C=O) groups is 1. The molecule has 5 heteroatoms. The molecule has 1 amide bonds. The zero-order valence-electron chi connectivity index (χ0n) is 9.03. The lowest BCUT2D eigenvalue weighted by Gasteiger charge is -2.13. The van der Waals surface area contributed by atoms with Gasteiger partial charge in [-0.15, -0.1) is 0 Å². The summed E-state index contributed by atoms with van der Waals surface area (Å²) >= 11 is 3.29. The number of hydrogen-bond acceptors (Lipinski definition) is 3. The average molecular weight is 287 g/mol. The first kappa shape index (κ1) is 13.0. The van der Waals surface area contributed by atoms with Gasteiger partial charge in [-0.1, -0.05) is 0 Å². The summed E-state index contributed by atoms with van der Waals surface area (Å²) < 4.78 is 0.704. The Morgan fingerprint density at radius 2 is 2.31 bits per heavy atom. The summed E-state index contributed by atoms with van der Waals surface area (Å²) in [5, 5.41) is 11.5. The number of aliphatic hydroxyl groups is 1. The number of aliphatic hydroxyl groups excluding tert-OH is 1. The lowest BCUT2D eigenvalue weighted by Crippen LogP contribution is -2.33. The summed E-state index contributed by atoms with van der Waals surface area (Å²) in [7, 11) is 0. The van der Waals surface area contributed by atoms with Crippen LogP contribution in [0, 0.1) is 0 Å². The highest BCUT2D eigenvalue weighted by Crippen LogP contribution is 2.19. The van der Waals surface area contributed by atoms with Crippen LogP contribution in [0.1, 0.15) is 23.7 Å². The van der Waals surface area contributed by atoms with E-state index in [9.17, 15) is 4.79 Å². The first-order chi connectivity index (χ1) is 7.54. The molecule has 1 aromatic carbocycles. The standard InChI is InChI=1S/C11H15BrN2O2/c1-7(4-5-15)14-11(16)9-6-8(13)2-3-10(9)12/h2-3,6-7,15H,4-5,13H2,1H3,(H,14,16). The SMILES string of the molecule is CC(CCO)NC(=O)c1cc(N)ccc1Br. The van der Waals surface area contributed by atoms with Crippen molar-refractivity contribution in [2.24, 2.45) is 0 Å². The van der Waals surface area contributed by atoms with Crippen molar-refractivity contribution in [2.45, 2.75) is 19.4 Å². The second kappa shape index (κ2) is 5.86. The molecule has 1 aromatic rings. The first-order valence-electron chi connectivity index (χ1n) is 5.01. The number of anilines is 1. The fourth-order valence-electron chi connectivity index (χ4n) is 1.28. The van der Waals surface area contributed by atoms with E-state index < -0.39 is 0 Å². The maximum Gasteiger partial charge on any atom is 0.252 e. The molecule has 0 radical (unpaired) electrons. The van der Waals surface area contributed by atoms with Gasteiger partial charge in [0.2, 0.25) is 0 Å². The van der Waals surface area contributed by atoms with E-state index in [-0.39, 0.29) is 18.6 Å². The highest BCUT2D eigenvalue weighted by molar-refractivity contribution is 9.10. The van der Waals surface area contributed by atoms with Crippen LogP contribution in [-0.4, -0.2) is 23.7 Å². The molecule has 4 nitrogen and oxygen atoms in total. The van der Waals surface area contributed by atoms with E-state index in [1.54, 1.807) is 18.2 Å². The Morgan fingerprint density at radius 1 is 1.62 bits per heavy atom. The van der Waals surface area contributed by atoms with Crippen LogP contribution in [0.5, 0.6) is 0 Å². The molecular formula is C11H15BrN2O2. The van der Waals surface area contributed by atoms with E-state index in [0.29, 0.717) is 22.1 Å². The normalized spacial score (nSPS) is 12.2. The van der Waals surface area contributed by atoms with Gasteiger partial charge in [0.25, 0.3) is 5.91 Å². The van der Waals surface area contributed by atoms with E-state index in [2.05, 4.69) is 21.2 Å². The van der Waals surface area contributed by atoms with Gasteiger partial charge >= 0.3 is 0 Å². The number of rotatable bonds is 4. The second-order valence-electron chi connectivity index (χ2n) is 3.63. The Bertz CT molecular complexity index is 382. The minimum absolute atomic E-state index is 0.0551. The third-order valence-corrected chi connectivity index (χ3v) is 2.87. The largest absolute Gasteiger partial charge is 0.399 e. The average Bonchev–Trinajstić information content (AvgIpc) is 2.21. The Hall–Kier alpha value is -1.07. The zero-order valence-corrected chi connectivity index (χ0v) is 10.6. The van der Waals surface area contributed by atoms with Gasteiger partial charge in [-0.05, 0) is 47.5 Å². The highest BCUT2D eigenvalue weighted by Gasteiger charge is 2.12. The van der Waals surface area contributed by atoms with Gasteiger partial charge < -0.3 is 16.2 Å². The number of benzene rings is 1. The third kappa shape index (κ3) is 3.50. The number of carbonyl (C=O) groups excluding carboxylic acids is 1. The first-order valence-corrected chi connectivity index (χ1v) is 5.80. The number of amides is 1. The number of halogens is 1. The molecule has 0 aliphatic carbocycles. The van der Waals surface area contributed by atoms with Crippen LogP contribution in [0.15, 0.2) is 22.7 Å². The minimum atomic E-state index is -0.194. The van der Waals surface area contributed by atoms with Crippen LogP contribution in [0.25, 0.3) is 0 Å². The van der Waals surface area contributed by atoms with E-state index >= 15 is 0 Å². The van der Waals surface area contributed by atoms with Crippen molar-refractivity contribution in [3.05, 3.63) is 28.2 Å². The van der Waals surface area contributed by atoms with Gasteiger partial charge in [-0.2, -0.15) is 0 Å². The molecule has 0 aliphatic heterocycles. The van der Waals surface area contributed by atoms with Crippen molar-refractivity contribution in [2.75, 3.05) is 12.3 Å². The smallest absolute Gasteiger partial charge is 0.252 e. The molecule has 1 unspecified atom stereocenters. The molecule has 0 aliphatic rings. The molecule has 88 valence electrons. The molecule has 0 saturated carbocycles. The number of nitrogens with two attached hydrogens (primary N) is 1. The predicted molar refractivity (Wildman–Crippen MR) is 67.2 cm³/mol.